The van der Waals surface area contributed by atoms with Gasteiger partial charge in [-0.1, -0.05) is 0 Å². The first-order valence-corrected chi connectivity index (χ1v) is 6.73. The molecule has 0 aliphatic carbocycles. The van der Waals surface area contributed by atoms with Crippen LogP contribution in [0.2, 0.25) is 0 Å². The third-order valence-corrected chi connectivity index (χ3v) is 4.94. The van der Waals surface area contributed by atoms with Gasteiger partial charge >= 0.3 is 0 Å². The van der Waals surface area contributed by atoms with Crippen LogP contribution in [0.4, 0.5) is 4.39 Å². The Bertz CT molecular complexity index is 469. The minimum Gasteiger partial charge on any atom is -0.207 e. The van der Waals surface area contributed by atoms with Crippen LogP contribution in [0.25, 0.3) is 0 Å². The molecule has 88 valence electrons. The van der Waals surface area contributed by atoms with Crippen molar-refractivity contribution in [3.05, 3.63) is 30.1 Å². The lowest BCUT2D eigenvalue weighted by molar-refractivity contribution is 0.408. The predicted molar refractivity (Wildman–Crippen MR) is 59.0 cm³/mol. The molecule has 3 nitrogen and oxygen atoms in total. The molecule has 16 heavy (non-hydrogen) atoms. The highest BCUT2D eigenvalue weighted by atomic mass is 32.2. The summed E-state index contributed by atoms with van der Waals surface area (Å²) in [4.78, 5) is 0.169. The van der Waals surface area contributed by atoms with Gasteiger partial charge in [-0.15, -0.1) is 0 Å². The summed E-state index contributed by atoms with van der Waals surface area (Å²) in [6, 6.07) is 5.02. The van der Waals surface area contributed by atoms with Gasteiger partial charge in [0.05, 0.1) is 4.90 Å². The zero-order valence-electron chi connectivity index (χ0n) is 9.06. The minimum absolute atomic E-state index is 0.0371. The summed E-state index contributed by atoms with van der Waals surface area (Å²) in [5, 5.41) is 0. The average Bonchev–Trinajstić information content (AvgIpc) is 2.66. The quantitative estimate of drug-likeness (QED) is 0.796. The van der Waals surface area contributed by atoms with E-state index in [0.717, 1.165) is 12.8 Å². The molecule has 0 spiro atoms. The van der Waals surface area contributed by atoms with Crippen LogP contribution in [0.5, 0.6) is 0 Å². The first-order valence-electron chi connectivity index (χ1n) is 5.29. The second-order valence-corrected chi connectivity index (χ2v) is 5.95. The van der Waals surface area contributed by atoms with Crippen molar-refractivity contribution in [1.29, 1.82) is 0 Å². The maximum atomic E-state index is 12.7. The van der Waals surface area contributed by atoms with E-state index in [1.54, 1.807) is 0 Å². The molecule has 1 atom stereocenters. The van der Waals surface area contributed by atoms with E-state index in [2.05, 4.69) is 0 Å². The minimum atomic E-state index is -3.44. The number of halogens is 1. The van der Waals surface area contributed by atoms with Crippen molar-refractivity contribution in [2.45, 2.75) is 30.7 Å². The van der Waals surface area contributed by atoms with E-state index in [9.17, 15) is 12.8 Å². The first kappa shape index (κ1) is 11.5. The molecule has 2 rings (SSSR count). The van der Waals surface area contributed by atoms with Gasteiger partial charge in [0.2, 0.25) is 10.0 Å². The van der Waals surface area contributed by atoms with Gasteiger partial charge in [0.1, 0.15) is 5.82 Å². The highest BCUT2D eigenvalue weighted by molar-refractivity contribution is 7.89. The van der Waals surface area contributed by atoms with Crippen molar-refractivity contribution in [3.63, 3.8) is 0 Å². The highest BCUT2D eigenvalue weighted by Crippen LogP contribution is 2.25. The largest absolute Gasteiger partial charge is 0.243 e. The van der Waals surface area contributed by atoms with Crippen LogP contribution in [-0.2, 0) is 10.0 Å². The SMILES string of the molecule is CC1CCCN1S(=O)(=O)c1ccc(F)cc1. The van der Waals surface area contributed by atoms with Crippen LogP contribution >= 0.6 is 0 Å². The van der Waals surface area contributed by atoms with E-state index >= 15 is 0 Å². The fourth-order valence-corrected chi connectivity index (χ4v) is 3.71. The molecule has 0 amide bonds. The maximum absolute atomic E-state index is 12.7. The van der Waals surface area contributed by atoms with Gasteiger partial charge in [0.25, 0.3) is 0 Å². The van der Waals surface area contributed by atoms with Crippen molar-refractivity contribution in [2.75, 3.05) is 6.54 Å². The van der Waals surface area contributed by atoms with E-state index in [0.29, 0.717) is 6.54 Å². The third kappa shape index (κ3) is 1.97. The first-order chi connectivity index (χ1) is 7.51. The molecular formula is C11H14FNO2S. The van der Waals surface area contributed by atoms with Crippen LogP contribution in [0, 0.1) is 5.82 Å². The van der Waals surface area contributed by atoms with Gasteiger partial charge in [-0.05, 0) is 44.0 Å². The van der Waals surface area contributed by atoms with Crippen LogP contribution in [-0.4, -0.2) is 25.3 Å². The molecule has 1 aromatic carbocycles. The monoisotopic (exact) mass is 243 g/mol. The van der Waals surface area contributed by atoms with Gasteiger partial charge in [0.15, 0.2) is 0 Å². The molecule has 0 aromatic heterocycles. The fraction of sp³-hybridized carbons (Fsp3) is 0.455. The zero-order valence-corrected chi connectivity index (χ0v) is 9.87. The molecule has 1 aliphatic heterocycles. The van der Waals surface area contributed by atoms with Crippen molar-refractivity contribution >= 4 is 10.0 Å². The number of hydrogen-bond donors (Lipinski definition) is 0. The molecule has 0 N–H and O–H groups in total. The molecule has 1 fully saturated rings. The Hall–Kier alpha value is -0.940. The zero-order chi connectivity index (χ0) is 11.8. The van der Waals surface area contributed by atoms with E-state index in [1.807, 2.05) is 6.92 Å². The Labute approximate surface area is 94.9 Å². The summed E-state index contributed by atoms with van der Waals surface area (Å²) in [5.74, 6) is -0.423. The summed E-state index contributed by atoms with van der Waals surface area (Å²) in [6.45, 7) is 2.45. The summed E-state index contributed by atoms with van der Waals surface area (Å²) >= 11 is 0. The highest BCUT2D eigenvalue weighted by Gasteiger charge is 2.32. The molecule has 1 aromatic rings. The Balaban J connectivity index is 2.35. The smallest absolute Gasteiger partial charge is 0.207 e. The Kier molecular flexibility index (Phi) is 2.99. The molecule has 0 radical (unpaired) electrons. The second kappa shape index (κ2) is 4.14. The van der Waals surface area contributed by atoms with Gasteiger partial charge < -0.3 is 0 Å². The average molecular weight is 243 g/mol. The van der Waals surface area contributed by atoms with Crippen LogP contribution in [0.3, 0.4) is 0 Å². The van der Waals surface area contributed by atoms with Gasteiger partial charge in [-0.2, -0.15) is 4.31 Å². The van der Waals surface area contributed by atoms with Gasteiger partial charge in [-0.25, -0.2) is 12.8 Å². The van der Waals surface area contributed by atoms with E-state index in [-0.39, 0.29) is 10.9 Å². The molecule has 1 unspecified atom stereocenters. The second-order valence-electron chi connectivity index (χ2n) is 4.06. The fourth-order valence-electron chi connectivity index (χ4n) is 2.01. The number of hydrogen-bond acceptors (Lipinski definition) is 2. The molecule has 5 heteroatoms. The lowest BCUT2D eigenvalue weighted by Gasteiger charge is -2.20. The van der Waals surface area contributed by atoms with Crippen molar-refractivity contribution in [3.8, 4) is 0 Å². The van der Waals surface area contributed by atoms with Crippen LogP contribution in [0.1, 0.15) is 19.8 Å². The van der Waals surface area contributed by atoms with E-state index < -0.39 is 15.8 Å². The van der Waals surface area contributed by atoms with Gasteiger partial charge in [0, 0.05) is 12.6 Å². The van der Waals surface area contributed by atoms with E-state index in [1.165, 1.54) is 28.6 Å². The van der Waals surface area contributed by atoms with Crippen LogP contribution < -0.4 is 0 Å². The molecule has 1 aliphatic rings. The summed E-state index contributed by atoms with van der Waals surface area (Å²) in [5.41, 5.74) is 0. The summed E-state index contributed by atoms with van der Waals surface area (Å²) in [6.07, 6.45) is 1.78. The van der Waals surface area contributed by atoms with Crippen molar-refractivity contribution in [2.24, 2.45) is 0 Å². The molecule has 1 saturated heterocycles. The topological polar surface area (TPSA) is 37.4 Å². The predicted octanol–water partition coefficient (Wildman–Crippen LogP) is 2.00. The Morgan fingerprint density at radius 2 is 1.94 bits per heavy atom. The van der Waals surface area contributed by atoms with E-state index in [4.69, 9.17) is 0 Å². The number of nitrogens with zero attached hydrogens (tertiary/aromatic N) is 1. The van der Waals surface area contributed by atoms with Gasteiger partial charge in [-0.3, -0.25) is 0 Å². The third-order valence-electron chi connectivity index (χ3n) is 2.91. The summed E-state index contributed by atoms with van der Waals surface area (Å²) in [7, 11) is -3.44. The Morgan fingerprint density at radius 1 is 1.31 bits per heavy atom. The van der Waals surface area contributed by atoms with Crippen molar-refractivity contribution in [1.82, 2.24) is 4.31 Å². The Morgan fingerprint density at radius 3 is 2.44 bits per heavy atom. The molecule has 0 saturated carbocycles. The van der Waals surface area contributed by atoms with Crippen LogP contribution in [0.15, 0.2) is 29.2 Å². The number of rotatable bonds is 2. The normalized spacial score (nSPS) is 22.5. The maximum Gasteiger partial charge on any atom is 0.243 e. The lowest BCUT2D eigenvalue weighted by Crippen LogP contribution is -2.33. The standard InChI is InChI=1S/C11H14FNO2S/c1-9-3-2-8-13(9)16(14,15)11-6-4-10(12)5-7-11/h4-7,9H,2-3,8H2,1H3. The molecular weight excluding hydrogens is 229 g/mol. The molecule has 1 heterocycles. The number of benzene rings is 1. The lowest BCUT2D eigenvalue weighted by atomic mass is 10.3. The van der Waals surface area contributed by atoms with Crippen molar-refractivity contribution < 1.29 is 12.8 Å². The summed E-state index contributed by atoms with van der Waals surface area (Å²) < 4.78 is 38.5. The molecule has 0 bridgehead atoms. The number of sulfonamides is 1.